The van der Waals surface area contributed by atoms with Crippen LogP contribution in [-0.4, -0.2) is 33.7 Å². The number of carbonyl (C=O) groups is 1. The summed E-state index contributed by atoms with van der Waals surface area (Å²) in [5.41, 5.74) is 8.44. The summed E-state index contributed by atoms with van der Waals surface area (Å²) in [4.78, 5) is 14.1. The van der Waals surface area contributed by atoms with E-state index < -0.39 is 0 Å². The Morgan fingerprint density at radius 1 is 1.20 bits per heavy atom. The zero-order valence-electron chi connectivity index (χ0n) is 11.5. The van der Waals surface area contributed by atoms with Gasteiger partial charge in [0.1, 0.15) is 5.82 Å². The molecule has 0 radical (unpaired) electrons. The molecule has 104 valence electrons. The van der Waals surface area contributed by atoms with Crippen molar-refractivity contribution in [3.05, 3.63) is 41.6 Å². The summed E-state index contributed by atoms with van der Waals surface area (Å²) < 4.78 is 1.61. The van der Waals surface area contributed by atoms with Crippen molar-refractivity contribution in [1.82, 2.24) is 14.7 Å². The lowest BCUT2D eigenvalue weighted by Gasteiger charge is -2.12. The molecule has 1 amide bonds. The summed E-state index contributed by atoms with van der Waals surface area (Å²) in [5, 5.41) is 4.35. The van der Waals surface area contributed by atoms with E-state index in [2.05, 4.69) is 5.10 Å². The Bertz CT molecular complexity index is 624. The Labute approximate surface area is 118 Å². The molecular formula is C15H18N4O. The molecule has 2 heterocycles. The molecule has 0 bridgehead atoms. The highest BCUT2D eigenvalue weighted by molar-refractivity contribution is 5.93. The van der Waals surface area contributed by atoms with Crippen LogP contribution in [0.1, 0.15) is 28.9 Å². The van der Waals surface area contributed by atoms with E-state index in [1.54, 1.807) is 10.7 Å². The molecule has 0 spiro atoms. The number of hydrogen-bond acceptors (Lipinski definition) is 3. The second-order valence-corrected chi connectivity index (χ2v) is 5.20. The number of likely N-dealkylation sites (tertiary alicyclic amines) is 1. The maximum absolute atomic E-state index is 12.3. The molecule has 3 rings (SSSR count). The van der Waals surface area contributed by atoms with Crippen LogP contribution in [0.3, 0.4) is 0 Å². The van der Waals surface area contributed by atoms with Crippen LogP contribution in [0.2, 0.25) is 0 Å². The largest absolute Gasteiger partial charge is 0.384 e. The molecule has 1 aromatic carbocycles. The normalized spacial score (nSPS) is 14.8. The fourth-order valence-corrected chi connectivity index (χ4v) is 2.48. The molecule has 5 nitrogen and oxygen atoms in total. The minimum absolute atomic E-state index is 0.0277. The van der Waals surface area contributed by atoms with Crippen molar-refractivity contribution in [3.63, 3.8) is 0 Å². The molecule has 1 aromatic heterocycles. The second kappa shape index (κ2) is 5.00. The van der Waals surface area contributed by atoms with Gasteiger partial charge in [0.25, 0.3) is 5.91 Å². The Kier molecular flexibility index (Phi) is 3.18. The van der Waals surface area contributed by atoms with E-state index in [0.29, 0.717) is 11.5 Å². The number of amides is 1. The molecule has 0 aliphatic carbocycles. The third-order valence-corrected chi connectivity index (χ3v) is 3.63. The Balaban J connectivity index is 1.90. The summed E-state index contributed by atoms with van der Waals surface area (Å²) in [6.45, 7) is 3.66. The highest BCUT2D eigenvalue weighted by Crippen LogP contribution is 2.18. The van der Waals surface area contributed by atoms with Crippen molar-refractivity contribution in [1.29, 1.82) is 0 Å². The van der Waals surface area contributed by atoms with Gasteiger partial charge in [-0.3, -0.25) is 4.79 Å². The number of anilines is 1. The van der Waals surface area contributed by atoms with Crippen LogP contribution in [0.25, 0.3) is 5.69 Å². The van der Waals surface area contributed by atoms with E-state index in [-0.39, 0.29) is 5.91 Å². The van der Waals surface area contributed by atoms with E-state index in [1.165, 1.54) is 5.56 Å². The average molecular weight is 270 g/mol. The number of carbonyl (C=O) groups excluding carboxylic acids is 1. The number of hydrogen-bond donors (Lipinski definition) is 1. The zero-order chi connectivity index (χ0) is 14.1. The van der Waals surface area contributed by atoms with Crippen LogP contribution >= 0.6 is 0 Å². The van der Waals surface area contributed by atoms with Gasteiger partial charge < -0.3 is 10.6 Å². The first-order chi connectivity index (χ1) is 9.65. The molecule has 0 atom stereocenters. The summed E-state index contributed by atoms with van der Waals surface area (Å²) in [6.07, 6.45) is 2.14. The Morgan fingerprint density at radius 3 is 2.50 bits per heavy atom. The lowest BCUT2D eigenvalue weighted by Crippen LogP contribution is -2.28. The van der Waals surface area contributed by atoms with Crippen molar-refractivity contribution >= 4 is 11.7 Å². The standard InChI is InChI=1S/C15H18N4O/c1-11-4-6-12(7-5-11)19-14(16)10-13(17-19)15(20)18-8-2-3-9-18/h4-7,10H,2-3,8-9,16H2,1H3. The van der Waals surface area contributed by atoms with Gasteiger partial charge >= 0.3 is 0 Å². The number of benzene rings is 1. The number of nitrogen functional groups attached to an aromatic ring is 1. The Hall–Kier alpha value is -2.30. The molecule has 2 aromatic rings. The third-order valence-electron chi connectivity index (χ3n) is 3.63. The van der Waals surface area contributed by atoms with Gasteiger partial charge in [0, 0.05) is 19.2 Å². The van der Waals surface area contributed by atoms with Crippen LogP contribution < -0.4 is 5.73 Å². The van der Waals surface area contributed by atoms with Crippen LogP contribution in [0.5, 0.6) is 0 Å². The van der Waals surface area contributed by atoms with Crippen molar-refractivity contribution in [3.8, 4) is 5.69 Å². The van der Waals surface area contributed by atoms with Gasteiger partial charge in [-0.15, -0.1) is 0 Å². The molecule has 1 aliphatic rings. The van der Waals surface area contributed by atoms with Gasteiger partial charge in [0.15, 0.2) is 5.69 Å². The van der Waals surface area contributed by atoms with Gasteiger partial charge in [-0.25, -0.2) is 4.68 Å². The minimum atomic E-state index is -0.0277. The van der Waals surface area contributed by atoms with Gasteiger partial charge in [-0.1, -0.05) is 17.7 Å². The van der Waals surface area contributed by atoms with Crippen molar-refractivity contribution < 1.29 is 4.79 Å². The average Bonchev–Trinajstić information content (AvgIpc) is 3.08. The van der Waals surface area contributed by atoms with Gasteiger partial charge in [-0.2, -0.15) is 5.10 Å². The van der Waals surface area contributed by atoms with E-state index in [0.717, 1.165) is 31.6 Å². The number of nitrogens with zero attached hydrogens (tertiary/aromatic N) is 3. The molecule has 1 aliphatic heterocycles. The zero-order valence-corrected chi connectivity index (χ0v) is 11.5. The van der Waals surface area contributed by atoms with E-state index >= 15 is 0 Å². The Morgan fingerprint density at radius 2 is 1.85 bits per heavy atom. The molecular weight excluding hydrogens is 252 g/mol. The smallest absolute Gasteiger partial charge is 0.274 e. The highest BCUT2D eigenvalue weighted by Gasteiger charge is 2.22. The predicted octanol–water partition coefficient (Wildman–Crippen LogP) is 2.00. The van der Waals surface area contributed by atoms with Crippen LogP contribution in [-0.2, 0) is 0 Å². The fourth-order valence-electron chi connectivity index (χ4n) is 2.48. The third kappa shape index (κ3) is 2.27. The molecule has 0 saturated carbocycles. The quantitative estimate of drug-likeness (QED) is 0.907. The lowest BCUT2D eigenvalue weighted by atomic mass is 10.2. The van der Waals surface area contributed by atoms with Crippen molar-refractivity contribution in [2.75, 3.05) is 18.8 Å². The predicted molar refractivity (Wildman–Crippen MR) is 77.9 cm³/mol. The SMILES string of the molecule is Cc1ccc(-n2nc(C(=O)N3CCCC3)cc2N)cc1. The van der Waals surface area contributed by atoms with Gasteiger partial charge in [-0.05, 0) is 31.9 Å². The van der Waals surface area contributed by atoms with Gasteiger partial charge in [0.05, 0.1) is 5.69 Å². The first-order valence-corrected chi connectivity index (χ1v) is 6.87. The molecule has 2 N–H and O–H groups in total. The second-order valence-electron chi connectivity index (χ2n) is 5.20. The number of aromatic nitrogens is 2. The fraction of sp³-hybridized carbons (Fsp3) is 0.333. The molecule has 20 heavy (non-hydrogen) atoms. The van der Waals surface area contributed by atoms with Crippen LogP contribution in [0, 0.1) is 6.92 Å². The van der Waals surface area contributed by atoms with E-state index in [9.17, 15) is 4.79 Å². The summed E-state index contributed by atoms with van der Waals surface area (Å²) in [7, 11) is 0. The summed E-state index contributed by atoms with van der Waals surface area (Å²) >= 11 is 0. The van der Waals surface area contributed by atoms with E-state index in [4.69, 9.17) is 5.73 Å². The monoisotopic (exact) mass is 270 g/mol. The van der Waals surface area contributed by atoms with Crippen LogP contribution in [0.4, 0.5) is 5.82 Å². The molecule has 5 heteroatoms. The van der Waals surface area contributed by atoms with Crippen molar-refractivity contribution in [2.24, 2.45) is 0 Å². The molecule has 0 unspecified atom stereocenters. The minimum Gasteiger partial charge on any atom is -0.384 e. The van der Waals surface area contributed by atoms with Crippen LogP contribution in [0.15, 0.2) is 30.3 Å². The molecule has 1 fully saturated rings. The van der Waals surface area contributed by atoms with Crippen molar-refractivity contribution in [2.45, 2.75) is 19.8 Å². The lowest BCUT2D eigenvalue weighted by molar-refractivity contribution is 0.0786. The maximum Gasteiger partial charge on any atom is 0.274 e. The highest BCUT2D eigenvalue weighted by atomic mass is 16.2. The molecule has 1 saturated heterocycles. The summed E-state index contributed by atoms with van der Waals surface area (Å²) in [5.74, 6) is 0.455. The summed E-state index contributed by atoms with van der Waals surface area (Å²) in [6, 6.07) is 9.54. The number of nitrogens with two attached hydrogens (primary N) is 1. The first kappa shape index (κ1) is 12.7. The number of aryl methyl sites for hydroxylation is 1. The van der Waals surface area contributed by atoms with Gasteiger partial charge in [0.2, 0.25) is 0 Å². The number of rotatable bonds is 2. The topological polar surface area (TPSA) is 64.2 Å². The van der Waals surface area contributed by atoms with E-state index in [1.807, 2.05) is 36.1 Å². The first-order valence-electron chi connectivity index (χ1n) is 6.87. The maximum atomic E-state index is 12.3.